The Morgan fingerprint density at radius 3 is 1.42 bits per heavy atom. The predicted molar refractivity (Wildman–Crippen MR) is 420 cm³/mol. The number of anilines is 4. The maximum Gasteiger partial charge on any atom is 0.405 e. The van der Waals surface area contributed by atoms with Crippen LogP contribution in [-0.4, -0.2) is 170 Å². The van der Waals surface area contributed by atoms with Crippen LogP contribution in [0.3, 0.4) is 0 Å². The van der Waals surface area contributed by atoms with Crippen molar-refractivity contribution in [3.05, 3.63) is 143 Å². The Labute approximate surface area is 651 Å². The molecular formula is C71H94Cl2F10N24O4. The zero-order chi connectivity index (χ0) is 80.1. The zero-order valence-corrected chi connectivity index (χ0v) is 61.6. The van der Waals surface area contributed by atoms with Crippen molar-refractivity contribution >= 4 is 114 Å². The number of H-pyrrole nitrogens is 4. The minimum atomic E-state index is -4.56. The van der Waals surface area contributed by atoms with E-state index in [2.05, 4.69) is 117 Å². The number of rotatable bonds is 22. The lowest BCUT2D eigenvalue weighted by Gasteiger charge is -2.27. The number of halogens is 12. The number of amides is 4. The third-order valence-corrected chi connectivity index (χ3v) is 17.7. The fraction of sp³-hybridized carbons (Fsp3) is 0.324. The summed E-state index contributed by atoms with van der Waals surface area (Å²) in [7, 11) is 0. The Bertz CT molecular complexity index is 5510. The van der Waals surface area contributed by atoms with Gasteiger partial charge in [-0.05, 0) is 111 Å². The molecule has 2 fully saturated rings. The summed E-state index contributed by atoms with van der Waals surface area (Å²) in [5.41, 5.74) is 1.72. The topological polar surface area (TPSA) is 382 Å². The SMILES string of the molecule is CC(C)NC(=O)C(C)(C)Nc1ccnc(-c2c[nH]c3ncc(Cl)cc23)n1.Cc1nc(-c2c[nH]c3ncc(Cl)cc23)nc(NC(C)(C)C(=O)NCCF)c1C.O=C(NCC(F)(F)F)C1(Nc2nc(-c3c[nH]c4ncc(F)cc34)ncc2F)CC1.O=C(NCC(F)F)C1(Nc2nc(-c3c[nH]c4ncc(F)cc34)ncc2F)CC1.[HH].[HH].[HH].[HH].[HH].[HH].[HH].[HH].[HH].[HH].[HH].[HH]. The molecule has 0 atom stereocenters. The van der Waals surface area contributed by atoms with Crippen molar-refractivity contribution in [3.63, 3.8) is 0 Å². The molecule has 0 bridgehead atoms. The van der Waals surface area contributed by atoms with Gasteiger partial charge in [0.2, 0.25) is 23.6 Å². The third-order valence-electron chi connectivity index (χ3n) is 17.2. The molecule has 0 radical (unpaired) electrons. The quantitative estimate of drug-likeness (QED) is 0.0280. The van der Waals surface area contributed by atoms with Crippen molar-refractivity contribution in [2.24, 2.45) is 0 Å². The minimum Gasteiger partial charge on any atom is -0.356 e. The van der Waals surface area contributed by atoms with Crippen LogP contribution in [0.25, 0.3) is 89.7 Å². The first-order valence-electron chi connectivity index (χ1n) is 34.0. The van der Waals surface area contributed by atoms with Gasteiger partial charge in [-0.25, -0.2) is 90.5 Å². The summed E-state index contributed by atoms with van der Waals surface area (Å²) in [6.07, 6.45) is 9.11. The summed E-state index contributed by atoms with van der Waals surface area (Å²) in [6, 6.07) is 7.87. The van der Waals surface area contributed by atoms with E-state index in [1.807, 2.05) is 47.6 Å². The van der Waals surface area contributed by atoms with Gasteiger partial charge in [-0.2, -0.15) is 13.2 Å². The molecule has 12 aromatic rings. The van der Waals surface area contributed by atoms with Crippen LogP contribution in [0.5, 0.6) is 0 Å². The second-order valence-corrected chi connectivity index (χ2v) is 27.9. The maximum absolute atomic E-state index is 14.2. The van der Waals surface area contributed by atoms with Gasteiger partial charge in [-0.1, -0.05) is 23.2 Å². The molecule has 0 unspecified atom stereocenters. The minimum absolute atomic E-state index is 0. The van der Waals surface area contributed by atoms with Crippen LogP contribution in [0.1, 0.15) is 95.6 Å². The van der Waals surface area contributed by atoms with Crippen molar-refractivity contribution < 1.29 is 80.2 Å². The smallest absolute Gasteiger partial charge is 0.356 e. The van der Waals surface area contributed by atoms with Crippen molar-refractivity contribution in [2.45, 2.75) is 122 Å². The van der Waals surface area contributed by atoms with Crippen molar-refractivity contribution in [2.75, 3.05) is 47.6 Å². The normalized spacial score (nSPS) is 13.5. The zero-order valence-electron chi connectivity index (χ0n) is 60.1. The van der Waals surface area contributed by atoms with E-state index in [0.29, 0.717) is 90.7 Å². The van der Waals surface area contributed by atoms with Gasteiger partial charge in [0, 0.05) is 128 Å². The Hall–Kier alpha value is -12.0. The van der Waals surface area contributed by atoms with Crippen LogP contribution in [0.2, 0.25) is 10.0 Å². The van der Waals surface area contributed by atoms with Crippen LogP contribution in [0, 0.1) is 37.1 Å². The van der Waals surface area contributed by atoms with Gasteiger partial charge < -0.3 is 62.5 Å². The Kier molecular flexibility index (Phi) is 23.6. The summed E-state index contributed by atoms with van der Waals surface area (Å²) < 4.78 is 129. The molecule has 0 spiro atoms. The lowest BCUT2D eigenvalue weighted by molar-refractivity contribution is -0.139. The number of pyridine rings is 4. The van der Waals surface area contributed by atoms with Gasteiger partial charge in [-0.15, -0.1) is 0 Å². The van der Waals surface area contributed by atoms with Crippen LogP contribution in [0.4, 0.5) is 67.2 Å². The largest absolute Gasteiger partial charge is 0.405 e. The number of alkyl halides is 6. The first-order chi connectivity index (χ1) is 52.5. The molecule has 12 heterocycles. The van der Waals surface area contributed by atoms with Crippen LogP contribution < -0.4 is 42.5 Å². The molecule has 0 aliphatic heterocycles. The van der Waals surface area contributed by atoms with Gasteiger partial charge in [0.05, 0.1) is 41.4 Å². The molecule has 28 nitrogen and oxygen atoms in total. The predicted octanol–water partition coefficient (Wildman–Crippen LogP) is 15.5. The second-order valence-electron chi connectivity index (χ2n) is 27.0. The number of aromatic nitrogens is 16. The van der Waals surface area contributed by atoms with Gasteiger partial charge in [0.25, 0.3) is 6.43 Å². The molecule has 2 aliphatic carbocycles. The highest BCUT2D eigenvalue weighted by Crippen LogP contribution is 2.42. The van der Waals surface area contributed by atoms with Gasteiger partial charge >= 0.3 is 6.18 Å². The molecule has 14 rings (SSSR count). The molecule has 606 valence electrons. The molecular weight excluding hydrogens is 1510 g/mol. The number of hydrogen-bond donors (Lipinski definition) is 12. The van der Waals surface area contributed by atoms with Gasteiger partial charge in [0.1, 0.15) is 81.2 Å². The highest BCUT2D eigenvalue weighted by atomic mass is 35.5. The Balaban J connectivity index is 0. The van der Waals surface area contributed by atoms with Gasteiger partial charge in [-0.3, -0.25) is 19.2 Å². The Morgan fingerprint density at radius 1 is 0.541 bits per heavy atom. The van der Waals surface area contributed by atoms with Gasteiger partial charge in [0.15, 0.2) is 46.6 Å². The molecule has 0 saturated heterocycles. The lowest BCUT2D eigenvalue weighted by atomic mass is 10.0. The van der Waals surface area contributed by atoms with E-state index in [4.69, 9.17) is 23.2 Å². The van der Waals surface area contributed by atoms with E-state index in [9.17, 15) is 63.1 Å². The van der Waals surface area contributed by atoms with Crippen molar-refractivity contribution in [1.82, 2.24) is 101 Å². The Morgan fingerprint density at radius 2 is 0.973 bits per heavy atom. The standard InChI is InChI=1S/C19H22ClFN6O.C18H21ClN6O.C17H13F5N6O.C17H14F4N6O.12H2/c1-10-11(2)25-17(14-9-24-16-13(14)7-12(20)8-23-16)26-15(10)27-19(3,4)18(28)22-6-5-21;1-10(2)23-17(26)18(3,4)25-14-5-6-20-16(24-14)13-9-22-15-12(13)7-11(19)8-21-15;18-8-3-9-10(5-24-12(9)23-4-8)13-25-6-11(19)14(27-13)28-16(1-2-16)15(29)26-7-17(20,21)22;18-8-3-9-10(5-23-13(9)22-4-8)14-24-6-11(19)15(26-14)27-17(1-2-17)16(28)25-7-12(20)21;;;;;;;;;;;;/h7-9H,5-6H2,1-4H3,(H,22,28)(H,23,24)(H,25,26,27);5-10H,1-4H3,(H,21,22)(H,23,26)(H,20,24,25);3-6H,1-2,7H2,(H,23,24)(H,26,29)(H,25,27,28);3-6,12H,1-2,7H2,(H,22,23)(H,25,28)(H,24,26,27);12*1H. The molecule has 2 saturated carbocycles. The molecule has 4 amide bonds. The number of aromatic amines is 4. The molecule has 12 N–H and O–H groups in total. The van der Waals surface area contributed by atoms with E-state index in [1.54, 1.807) is 62.3 Å². The van der Waals surface area contributed by atoms with E-state index in [1.165, 1.54) is 24.5 Å². The van der Waals surface area contributed by atoms with Crippen LogP contribution >= 0.6 is 23.2 Å². The monoisotopic (exact) mass is 1610 g/mol. The molecule has 111 heavy (non-hydrogen) atoms. The number of nitrogens with zero attached hydrogens (tertiary/aromatic N) is 12. The molecule has 12 aromatic heterocycles. The summed E-state index contributed by atoms with van der Waals surface area (Å²) in [5, 5.41) is 24.5. The highest BCUT2D eigenvalue weighted by molar-refractivity contribution is 6.31. The van der Waals surface area contributed by atoms with Crippen LogP contribution in [-0.2, 0) is 19.2 Å². The van der Waals surface area contributed by atoms with E-state index in [-0.39, 0.29) is 77.6 Å². The number of carbonyl (C=O) groups excluding carboxylic acids is 4. The fourth-order valence-corrected chi connectivity index (χ4v) is 11.3. The average Bonchev–Trinajstić information content (AvgIpc) is 1.62. The van der Waals surface area contributed by atoms with Crippen molar-refractivity contribution in [3.8, 4) is 45.6 Å². The number of nitrogens with one attached hydrogen (secondary N) is 12. The number of hydrogen-bond acceptors (Lipinski definition) is 20. The van der Waals surface area contributed by atoms with E-state index in [0.717, 1.165) is 57.9 Å². The summed E-state index contributed by atoms with van der Waals surface area (Å²) in [5.74, 6) is -3.15. The summed E-state index contributed by atoms with van der Waals surface area (Å²) in [6.45, 7) is 11.7. The molecule has 2 aliphatic rings. The molecule has 40 heteroatoms. The first kappa shape index (κ1) is 80.1. The molecule has 0 aromatic carbocycles. The highest BCUT2D eigenvalue weighted by Gasteiger charge is 2.52. The summed E-state index contributed by atoms with van der Waals surface area (Å²) in [4.78, 5) is 111. The van der Waals surface area contributed by atoms with E-state index < -0.39 is 89.6 Å². The second kappa shape index (κ2) is 32.7. The first-order valence-corrected chi connectivity index (χ1v) is 34.7. The third kappa shape index (κ3) is 19.2. The van der Waals surface area contributed by atoms with Crippen molar-refractivity contribution in [1.29, 1.82) is 0 Å². The number of fused-ring (bicyclic) bond motifs is 4. The van der Waals surface area contributed by atoms with Crippen LogP contribution in [0.15, 0.2) is 98.5 Å². The fourth-order valence-electron chi connectivity index (χ4n) is 11.0. The summed E-state index contributed by atoms with van der Waals surface area (Å²) >= 11 is 12.1. The van der Waals surface area contributed by atoms with E-state index >= 15 is 0 Å². The average molecular weight is 1610 g/mol. The number of carbonyl (C=O) groups is 4. The maximum atomic E-state index is 14.2. The number of aryl methyl sites for hydroxylation is 1. The lowest BCUT2D eigenvalue weighted by Crippen LogP contribution is -2.50.